The van der Waals surface area contributed by atoms with Gasteiger partial charge in [-0.2, -0.15) is 0 Å². The minimum absolute atomic E-state index is 0.110. The van der Waals surface area contributed by atoms with Crippen LogP contribution in [0.5, 0.6) is 0 Å². The van der Waals surface area contributed by atoms with Crippen molar-refractivity contribution in [1.29, 1.82) is 0 Å². The number of nitrogens with one attached hydrogen (secondary N) is 2. The summed E-state index contributed by atoms with van der Waals surface area (Å²) in [6.45, 7) is 0.873. The van der Waals surface area contributed by atoms with Crippen LogP contribution < -0.4 is 5.32 Å². The summed E-state index contributed by atoms with van der Waals surface area (Å²) in [4.78, 5) is 16.2. The first-order valence-corrected chi connectivity index (χ1v) is 13.6. The fraction of sp³-hybridized carbons (Fsp3) is 0.147. The van der Waals surface area contributed by atoms with E-state index < -0.39 is 0 Å². The minimum atomic E-state index is -0.110. The Kier molecular flexibility index (Phi) is 5.67. The lowest BCUT2D eigenvalue weighted by molar-refractivity contribution is 0.112. The molecule has 0 amide bonds. The SMILES string of the molecule is O=Cc1c(NCC2CC2)c(C(c2cccc3ccccc23)c2c[nH]c3cc(Cl)ccc23)cc2ccccc12. The van der Waals surface area contributed by atoms with Gasteiger partial charge in [-0.05, 0) is 75.2 Å². The standard InChI is InChI=1S/C34H27ClN2O/c35-24-14-15-27-30(19-36-32(27)17-24)33(28-11-5-8-22-6-1-3-9-25(22)28)29-16-23-7-2-4-10-26(23)31(20-38)34(29)37-18-21-12-13-21/h1-11,14-17,19-21,33,36-37H,12-13,18H2. The van der Waals surface area contributed by atoms with Crippen LogP contribution in [-0.4, -0.2) is 17.8 Å². The summed E-state index contributed by atoms with van der Waals surface area (Å²) in [6, 6.07) is 31.6. The Morgan fingerprint density at radius 1 is 0.816 bits per heavy atom. The molecule has 0 aliphatic heterocycles. The number of aldehydes is 1. The van der Waals surface area contributed by atoms with Crippen molar-refractivity contribution < 1.29 is 4.79 Å². The monoisotopic (exact) mass is 514 g/mol. The Morgan fingerprint density at radius 2 is 1.58 bits per heavy atom. The van der Waals surface area contributed by atoms with Gasteiger partial charge in [0.2, 0.25) is 0 Å². The Balaban J connectivity index is 1.57. The average Bonchev–Trinajstić information content (AvgIpc) is 3.70. The molecular formula is C34H27ClN2O. The summed E-state index contributed by atoms with van der Waals surface area (Å²) in [6.07, 6.45) is 5.61. The van der Waals surface area contributed by atoms with E-state index >= 15 is 0 Å². The van der Waals surface area contributed by atoms with Crippen molar-refractivity contribution in [3.63, 3.8) is 0 Å². The number of hydrogen-bond donors (Lipinski definition) is 2. The van der Waals surface area contributed by atoms with Crippen LogP contribution in [0.1, 0.15) is 45.8 Å². The number of hydrogen-bond acceptors (Lipinski definition) is 2. The molecule has 38 heavy (non-hydrogen) atoms. The first kappa shape index (κ1) is 23.1. The molecular weight excluding hydrogens is 488 g/mol. The zero-order chi connectivity index (χ0) is 25.6. The van der Waals surface area contributed by atoms with E-state index in [1.807, 2.05) is 30.3 Å². The lowest BCUT2D eigenvalue weighted by Crippen LogP contribution is -2.13. The van der Waals surface area contributed by atoms with E-state index in [-0.39, 0.29) is 5.92 Å². The molecule has 6 aromatic rings. The van der Waals surface area contributed by atoms with Gasteiger partial charge < -0.3 is 10.3 Å². The minimum Gasteiger partial charge on any atom is -0.384 e. The molecule has 1 saturated carbocycles. The van der Waals surface area contributed by atoms with E-state index in [1.54, 1.807) is 0 Å². The van der Waals surface area contributed by atoms with Crippen molar-refractivity contribution in [2.45, 2.75) is 18.8 Å². The molecule has 1 fully saturated rings. The van der Waals surface area contributed by atoms with Gasteiger partial charge in [-0.25, -0.2) is 0 Å². The molecule has 1 aromatic heterocycles. The molecule has 2 N–H and O–H groups in total. The third-order valence-electron chi connectivity index (χ3n) is 7.93. The van der Waals surface area contributed by atoms with Gasteiger partial charge >= 0.3 is 0 Å². The predicted molar refractivity (Wildman–Crippen MR) is 159 cm³/mol. The molecule has 0 spiro atoms. The van der Waals surface area contributed by atoms with E-state index in [4.69, 9.17) is 11.6 Å². The summed E-state index contributed by atoms with van der Waals surface area (Å²) in [5.74, 6) is 0.557. The maximum absolute atomic E-state index is 12.7. The van der Waals surface area contributed by atoms with Crippen LogP contribution in [0.25, 0.3) is 32.4 Å². The molecule has 7 rings (SSSR count). The summed E-state index contributed by atoms with van der Waals surface area (Å²) in [5.41, 5.74) is 6.15. The van der Waals surface area contributed by atoms with Crippen molar-refractivity contribution in [2.75, 3.05) is 11.9 Å². The Morgan fingerprint density at radius 3 is 2.39 bits per heavy atom. The molecule has 1 aliphatic carbocycles. The summed E-state index contributed by atoms with van der Waals surface area (Å²) in [5, 5.41) is 10.0. The molecule has 3 nitrogen and oxygen atoms in total. The predicted octanol–water partition coefficient (Wildman–Crippen LogP) is 8.94. The maximum atomic E-state index is 12.7. The molecule has 1 aliphatic rings. The number of carbonyl (C=O) groups is 1. The van der Waals surface area contributed by atoms with Gasteiger partial charge in [-0.3, -0.25) is 4.79 Å². The van der Waals surface area contributed by atoms with Crippen molar-refractivity contribution >= 4 is 56.0 Å². The number of benzene rings is 5. The average molecular weight is 515 g/mol. The Labute approximate surface area is 226 Å². The molecule has 5 aromatic carbocycles. The topological polar surface area (TPSA) is 44.9 Å². The fourth-order valence-corrected chi connectivity index (χ4v) is 6.05. The quantitative estimate of drug-likeness (QED) is 0.209. The van der Waals surface area contributed by atoms with Crippen LogP contribution in [0.2, 0.25) is 5.02 Å². The molecule has 0 radical (unpaired) electrons. The van der Waals surface area contributed by atoms with Gasteiger partial charge in [-0.1, -0.05) is 84.4 Å². The number of carbonyl (C=O) groups excluding carboxylic acids is 1. The third-order valence-corrected chi connectivity index (χ3v) is 8.17. The number of halogens is 1. The molecule has 4 heteroatoms. The van der Waals surface area contributed by atoms with Crippen LogP contribution in [0, 0.1) is 5.92 Å². The summed E-state index contributed by atoms with van der Waals surface area (Å²) in [7, 11) is 0. The first-order chi connectivity index (χ1) is 18.7. The van der Waals surface area contributed by atoms with Crippen LogP contribution in [-0.2, 0) is 0 Å². The summed E-state index contributed by atoms with van der Waals surface area (Å²) >= 11 is 6.36. The number of rotatable bonds is 7. The lowest BCUT2D eigenvalue weighted by atomic mass is 9.80. The van der Waals surface area contributed by atoms with E-state index in [9.17, 15) is 4.79 Å². The second-order valence-electron chi connectivity index (χ2n) is 10.4. The van der Waals surface area contributed by atoms with E-state index in [1.165, 1.54) is 29.2 Å². The van der Waals surface area contributed by atoms with Gasteiger partial charge in [0.25, 0.3) is 0 Å². The Bertz CT molecular complexity index is 1830. The fourth-order valence-electron chi connectivity index (χ4n) is 5.88. The highest BCUT2D eigenvalue weighted by molar-refractivity contribution is 6.31. The van der Waals surface area contributed by atoms with Crippen LogP contribution in [0.3, 0.4) is 0 Å². The second-order valence-corrected chi connectivity index (χ2v) is 10.8. The van der Waals surface area contributed by atoms with Crippen molar-refractivity contribution in [1.82, 2.24) is 4.98 Å². The third kappa shape index (κ3) is 3.95. The van der Waals surface area contributed by atoms with Gasteiger partial charge in [-0.15, -0.1) is 0 Å². The second kappa shape index (κ2) is 9.34. The highest BCUT2D eigenvalue weighted by Crippen LogP contribution is 2.45. The Hall–Kier alpha value is -4.08. The number of aromatic nitrogens is 1. The van der Waals surface area contributed by atoms with Gasteiger partial charge in [0, 0.05) is 45.8 Å². The van der Waals surface area contributed by atoms with E-state index in [0.29, 0.717) is 10.9 Å². The molecule has 186 valence electrons. The van der Waals surface area contributed by atoms with Gasteiger partial charge in [0.05, 0.1) is 0 Å². The lowest BCUT2D eigenvalue weighted by Gasteiger charge is -2.25. The zero-order valence-electron chi connectivity index (χ0n) is 20.9. The van der Waals surface area contributed by atoms with Crippen LogP contribution in [0.4, 0.5) is 5.69 Å². The largest absolute Gasteiger partial charge is 0.384 e. The zero-order valence-corrected chi connectivity index (χ0v) is 21.6. The number of anilines is 1. The van der Waals surface area contributed by atoms with Crippen molar-refractivity contribution in [3.05, 3.63) is 124 Å². The first-order valence-electron chi connectivity index (χ1n) is 13.2. The molecule has 0 bridgehead atoms. The molecule has 1 atom stereocenters. The van der Waals surface area contributed by atoms with Crippen molar-refractivity contribution in [2.24, 2.45) is 5.92 Å². The highest BCUT2D eigenvalue weighted by Gasteiger charge is 2.28. The van der Waals surface area contributed by atoms with Crippen molar-refractivity contribution in [3.8, 4) is 0 Å². The normalized spacial score (nSPS) is 14.2. The maximum Gasteiger partial charge on any atom is 0.152 e. The van der Waals surface area contributed by atoms with Gasteiger partial charge in [0.15, 0.2) is 6.29 Å². The highest BCUT2D eigenvalue weighted by atomic mass is 35.5. The van der Waals surface area contributed by atoms with Crippen LogP contribution >= 0.6 is 11.6 Å². The van der Waals surface area contributed by atoms with E-state index in [0.717, 1.165) is 56.9 Å². The smallest absolute Gasteiger partial charge is 0.152 e. The van der Waals surface area contributed by atoms with Crippen LogP contribution in [0.15, 0.2) is 97.2 Å². The number of fused-ring (bicyclic) bond motifs is 3. The molecule has 1 unspecified atom stereocenters. The number of aromatic amines is 1. The van der Waals surface area contributed by atoms with E-state index in [2.05, 4.69) is 77.2 Å². The van der Waals surface area contributed by atoms with Gasteiger partial charge in [0.1, 0.15) is 0 Å². The molecule has 0 saturated heterocycles. The summed E-state index contributed by atoms with van der Waals surface area (Å²) < 4.78 is 0. The number of H-pyrrole nitrogens is 1. The molecule has 1 heterocycles.